The first-order valence-electron chi connectivity index (χ1n) is 6.56. The van der Waals surface area contributed by atoms with Crippen molar-refractivity contribution in [2.75, 3.05) is 17.7 Å². The van der Waals surface area contributed by atoms with Gasteiger partial charge in [0.1, 0.15) is 10.6 Å². The SMILES string of the molecule is CNc1nc(Nc2ccc(Br)cc2C)c2cc(C)sc2n1. The minimum atomic E-state index is 0.626. The lowest BCUT2D eigenvalue weighted by molar-refractivity contribution is 1.20. The van der Waals surface area contributed by atoms with E-state index in [1.807, 2.05) is 19.2 Å². The van der Waals surface area contributed by atoms with Gasteiger partial charge in [0.15, 0.2) is 0 Å². The van der Waals surface area contributed by atoms with Crippen molar-refractivity contribution in [2.45, 2.75) is 13.8 Å². The molecule has 0 spiro atoms. The Morgan fingerprint density at radius 1 is 1.14 bits per heavy atom. The van der Waals surface area contributed by atoms with Gasteiger partial charge in [-0.15, -0.1) is 11.3 Å². The number of nitrogens with one attached hydrogen (secondary N) is 2. The molecule has 0 saturated carbocycles. The molecule has 2 aromatic heterocycles. The molecule has 0 aliphatic heterocycles. The van der Waals surface area contributed by atoms with Crippen molar-refractivity contribution >= 4 is 54.9 Å². The van der Waals surface area contributed by atoms with Crippen molar-refractivity contribution in [2.24, 2.45) is 0 Å². The van der Waals surface area contributed by atoms with Crippen molar-refractivity contribution in [1.29, 1.82) is 0 Å². The number of hydrogen-bond donors (Lipinski definition) is 2. The van der Waals surface area contributed by atoms with Crippen molar-refractivity contribution in [1.82, 2.24) is 9.97 Å². The topological polar surface area (TPSA) is 49.8 Å². The average Bonchev–Trinajstić information content (AvgIpc) is 2.82. The maximum absolute atomic E-state index is 4.55. The molecule has 4 nitrogen and oxygen atoms in total. The molecular formula is C15H15BrN4S. The van der Waals surface area contributed by atoms with E-state index < -0.39 is 0 Å². The number of halogens is 1. The Morgan fingerprint density at radius 3 is 2.67 bits per heavy atom. The normalized spacial score (nSPS) is 10.9. The highest BCUT2D eigenvalue weighted by Gasteiger charge is 2.11. The number of aromatic nitrogens is 2. The summed E-state index contributed by atoms with van der Waals surface area (Å²) in [4.78, 5) is 11.3. The van der Waals surface area contributed by atoms with Crippen LogP contribution in [0.2, 0.25) is 0 Å². The van der Waals surface area contributed by atoms with Crippen LogP contribution < -0.4 is 10.6 Å². The van der Waals surface area contributed by atoms with Gasteiger partial charge in [-0.05, 0) is 43.7 Å². The molecule has 1 aromatic carbocycles. The largest absolute Gasteiger partial charge is 0.357 e. The Kier molecular flexibility index (Phi) is 3.82. The predicted molar refractivity (Wildman–Crippen MR) is 93.9 cm³/mol. The predicted octanol–water partition coefficient (Wildman–Crippen LogP) is 4.86. The van der Waals surface area contributed by atoms with Crippen LogP contribution in [0.5, 0.6) is 0 Å². The number of nitrogens with zero attached hydrogens (tertiary/aromatic N) is 2. The third kappa shape index (κ3) is 2.87. The van der Waals surface area contributed by atoms with Crippen molar-refractivity contribution < 1.29 is 0 Å². The Morgan fingerprint density at radius 2 is 1.95 bits per heavy atom. The summed E-state index contributed by atoms with van der Waals surface area (Å²) in [6, 6.07) is 8.27. The summed E-state index contributed by atoms with van der Waals surface area (Å²) < 4.78 is 1.07. The van der Waals surface area contributed by atoms with Gasteiger partial charge in [-0.25, -0.2) is 4.98 Å². The van der Waals surface area contributed by atoms with Crippen molar-refractivity contribution in [3.8, 4) is 0 Å². The summed E-state index contributed by atoms with van der Waals surface area (Å²) >= 11 is 5.16. The average molecular weight is 363 g/mol. The van der Waals surface area contributed by atoms with Crippen LogP contribution in [0, 0.1) is 13.8 Å². The smallest absolute Gasteiger partial charge is 0.225 e. The highest BCUT2D eigenvalue weighted by atomic mass is 79.9. The second-order valence-electron chi connectivity index (χ2n) is 4.81. The molecule has 0 bridgehead atoms. The van der Waals surface area contributed by atoms with Crippen LogP contribution in [0.15, 0.2) is 28.7 Å². The minimum absolute atomic E-state index is 0.626. The van der Waals surface area contributed by atoms with Gasteiger partial charge in [0.25, 0.3) is 0 Å². The maximum Gasteiger partial charge on any atom is 0.225 e. The summed E-state index contributed by atoms with van der Waals surface area (Å²) in [5, 5.41) is 7.49. The zero-order chi connectivity index (χ0) is 15.0. The van der Waals surface area contributed by atoms with Gasteiger partial charge in [-0.3, -0.25) is 0 Å². The second kappa shape index (κ2) is 5.61. The minimum Gasteiger partial charge on any atom is -0.357 e. The van der Waals surface area contributed by atoms with E-state index in [4.69, 9.17) is 0 Å². The highest BCUT2D eigenvalue weighted by Crippen LogP contribution is 2.32. The van der Waals surface area contributed by atoms with E-state index in [0.717, 1.165) is 31.8 Å². The molecule has 0 unspecified atom stereocenters. The Balaban J connectivity index is 2.10. The summed E-state index contributed by atoms with van der Waals surface area (Å²) in [5.41, 5.74) is 2.21. The molecule has 21 heavy (non-hydrogen) atoms. The van der Waals surface area contributed by atoms with Crippen LogP contribution in [0.1, 0.15) is 10.4 Å². The van der Waals surface area contributed by atoms with Gasteiger partial charge in [-0.1, -0.05) is 15.9 Å². The van der Waals surface area contributed by atoms with Gasteiger partial charge in [0, 0.05) is 22.1 Å². The molecule has 3 rings (SSSR count). The van der Waals surface area contributed by atoms with Crippen LogP contribution in [-0.4, -0.2) is 17.0 Å². The van der Waals surface area contributed by atoms with Crippen LogP contribution in [0.4, 0.5) is 17.5 Å². The Hall–Kier alpha value is -1.66. The van der Waals surface area contributed by atoms with Crippen LogP contribution >= 0.6 is 27.3 Å². The number of aryl methyl sites for hydroxylation is 2. The molecule has 0 radical (unpaired) electrons. The summed E-state index contributed by atoms with van der Waals surface area (Å²) in [7, 11) is 1.83. The first-order valence-corrected chi connectivity index (χ1v) is 8.17. The van der Waals surface area contributed by atoms with Crippen molar-refractivity contribution in [3.63, 3.8) is 0 Å². The number of benzene rings is 1. The molecule has 0 amide bonds. The number of rotatable bonds is 3. The standard InChI is InChI=1S/C15H15BrN4S/c1-8-6-10(16)4-5-12(8)18-13-11-7-9(2)21-14(11)20-15(17-3)19-13/h4-7H,1-3H3,(H2,17,18,19,20). The fraction of sp³-hybridized carbons (Fsp3) is 0.200. The van der Waals surface area contributed by atoms with Crippen LogP contribution in [0.25, 0.3) is 10.2 Å². The van der Waals surface area contributed by atoms with E-state index in [2.05, 4.69) is 62.5 Å². The summed E-state index contributed by atoms with van der Waals surface area (Å²) in [6.07, 6.45) is 0. The van der Waals surface area contributed by atoms with Gasteiger partial charge in [-0.2, -0.15) is 4.98 Å². The second-order valence-corrected chi connectivity index (χ2v) is 6.96. The van der Waals surface area contributed by atoms with E-state index in [1.54, 1.807) is 11.3 Å². The fourth-order valence-electron chi connectivity index (χ4n) is 2.14. The lowest BCUT2D eigenvalue weighted by Gasteiger charge is -2.11. The summed E-state index contributed by atoms with van der Waals surface area (Å²) in [6.45, 7) is 4.16. The van der Waals surface area contributed by atoms with E-state index in [9.17, 15) is 0 Å². The van der Waals surface area contributed by atoms with Crippen LogP contribution in [-0.2, 0) is 0 Å². The number of thiophene rings is 1. The number of fused-ring (bicyclic) bond motifs is 1. The molecule has 2 N–H and O–H groups in total. The number of hydrogen-bond acceptors (Lipinski definition) is 5. The van der Waals surface area contributed by atoms with Crippen molar-refractivity contribution in [3.05, 3.63) is 39.2 Å². The highest BCUT2D eigenvalue weighted by molar-refractivity contribution is 9.10. The van der Waals surface area contributed by atoms with E-state index >= 15 is 0 Å². The Labute approximate surface area is 135 Å². The molecule has 2 heterocycles. The molecular weight excluding hydrogens is 348 g/mol. The molecule has 6 heteroatoms. The third-order valence-electron chi connectivity index (χ3n) is 3.18. The molecule has 0 aliphatic carbocycles. The molecule has 3 aromatic rings. The van der Waals surface area contributed by atoms with Gasteiger partial charge in [0.05, 0.1) is 5.39 Å². The van der Waals surface area contributed by atoms with Gasteiger partial charge >= 0.3 is 0 Å². The van der Waals surface area contributed by atoms with Gasteiger partial charge in [0.2, 0.25) is 5.95 Å². The zero-order valence-electron chi connectivity index (χ0n) is 12.0. The number of anilines is 3. The zero-order valence-corrected chi connectivity index (χ0v) is 14.4. The lowest BCUT2D eigenvalue weighted by atomic mass is 10.2. The fourth-order valence-corrected chi connectivity index (χ4v) is 3.50. The quantitative estimate of drug-likeness (QED) is 0.698. The van der Waals surface area contributed by atoms with Crippen LogP contribution in [0.3, 0.4) is 0 Å². The molecule has 0 atom stereocenters. The maximum atomic E-state index is 4.55. The monoisotopic (exact) mass is 362 g/mol. The van der Waals surface area contributed by atoms with E-state index in [0.29, 0.717) is 5.95 Å². The lowest BCUT2D eigenvalue weighted by Crippen LogP contribution is -2.01. The van der Waals surface area contributed by atoms with Gasteiger partial charge < -0.3 is 10.6 Å². The van der Waals surface area contributed by atoms with E-state index in [1.165, 1.54) is 4.88 Å². The van der Waals surface area contributed by atoms with E-state index in [-0.39, 0.29) is 0 Å². The molecule has 108 valence electrons. The summed E-state index contributed by atoms with van der Waals surface area (Å²) in [5.74, 6) is 1.46. The first-order chi connectivity index (χ1) is 10.1. The molecule has 0 saturated heterocycles. The molecule has 0 fully saturated rings. The molecule has 0 aliphatic rings. The third-order valence-corrected chi connectivity index (χ3v) is 4.62. The first kappa shape index (κ1) is 14.3. The Bertz CT molecular complexity index is 813.